The number of nitrogens with one attached hydrogen (secondary N) is 1. The zero-order valence-corrected chi connectivity index (χ0v) is 14.0. The fourth-order valence-electron chi connectivity index (χ4n) is 2.10. The van der Waals surface area contributed by atoms with Gasteiger partial charge in [0.25, 0.3) is 5.91 Å². The summed E-state index contributed by atoms with van der Waals surface area (Å²) in [7, 11) is 1.59. The summed E-state index contributed by atoms with van der Waals surface area (Å²) >= 11 is 6.09. The highest BCUT2D eigenvalue weighted by atomic mass is 35.5. The Morgan fingerprint density at radius 2 is 1.91 bits per heavy atom. The maximum absolute atomic E-state index is 12.3. The third kappa shape index (κ3) is 4.89. The van der Waals surface area contributed by atoms with Crippen LogP contribution in [0.2, 0.25) is 5.02 Å². The van der Waals surface area contributed by atoms with Crippen LogP contribution in [-0.2, 0) is 11.3 Å². The van der Waals surface area contributed by atoms with Crippen molar-refractivity contribution in [1.82, 2.24) is 5.32 Å². The molecule has 1 amide bonds. The van der Waals surface area contributed by atoms with Gasteiger partial charge in [-0.3, -0.25) is 4.79 Å². The Morgan fingerprint density at radius 3 is 2.61 bits per heavy atom. The third-order valence-electron chi connectivity index (χ3n) is 3.39. The largest absolute Gasteiger partial charge is 0.497 e. The van der Waals surface area contributed by atoms with Gasteiger partial charge in [0.05, 0.1) is 7.11 Å². The van der Waals surface area contributed by atoms with Gasteiger partial charge in [0, 0.05) is 17.6 Å². The lowest BCUT2D eigenvalue weighted by Gasteiger charge is -2.18. The lowest BCUT2D eigenvalue weighted by atomic mass is 10.2. The van der Waals surface area contributed by atoms with Gasteiger partial charge in [0.1, 0.15) is 11.5 Å². The summed E-state index contributed by atoms with van der Waals surface area (Å²) in [4.78, 5) is 12.3. The minimum absolute atomic E-state index is 0.171. The first-order valence-corrected chi connectivity index (χ1v) is 7.83. The highest BCUT2D eigenvalue weighted by Gasteiger charge is 2.18. The van der Waals surface area contributed by atoms with Crippen molar-refractivity contribution in [3.63, 3.8) is 0 Å². The van der Waals surface area contributed by atoms with E-state index in [1.54, 1.807) is 25.3 Å². The van der Waals surface area contributed by atoms with Crippen LogP contribution >= 0.6 is 11.6 Å². The van der Waals surface area contributed by atoms with Crippen molar-refractivity contribution in [1.29, 1.82) is 0 Å². The van der Waals surface area contributed by atoms with Gasteiger partial charge in [-0.05, 0) is 30.2 Å². The summed E-state index contributed by atoms with van der Waals surface area (Å²) in [6.45, 7) is 2.27. The molecule has 0 saturated heterocycles. The molecule has 0 aliphatic heterocycles. The van der Waals surface area contributed by atoms with Gasteiger partial charge in [-0.1, -0.05) is 42.8 Å². The molecular weight excluding hydrogens is 314 g/mol. The molecule has 0 spiro atoms. The maximum atomic E-state index is 12.3. The van der Waals surface area contributed by atoms with Crippen molar-refractivity contribution in [3.05, 3.63) is 59.1 Å². The van der Waals surface area contributed by atoms with Crippen molar-refractivity contribution in [3.8, 4) is 11.5 Å². The number of carbonyl (C=O) groups excluding carboxylic acids is 1. The number of hydrogen-bond donors (Lipinski definition) is 1. The molecule has 0 saturated carbocycles. The lowest BCUT2D eigenvalue weighted by molar-refractivity contribution is -0.128. The maximum Gasteiger partial charge on any atom is 0.261 e. The zero-order valence-electron chi connectivity index (χ0n) is 13.2. The minimum atomic E-state index is -0.565. The molecule has 2 aromatic rings. The molecule has 0 aliphatic rings. The van der Waals surface area contributed by atoms with Gasteiger partial charge in [-0.25, -0.2) is 0 Å². The first kappa shape index (κ1) is 17.2. The van der Waals surface area contributed by atoms with Gasteiger partial charge in [-0.15, -0.1) is 0 Å². The van der Waals surface area contributed by atoms with Gasteiger partial charge in [-0.2, -0.15) is 0 Å². The average Bonchev–Trinajstić information content (AvgIpc) is 2.59. The number of rotatable bonds is 7. The van der Waals surface area contributed by atoms with E-state index in [1.807, 2.05) is 37.3 Å². The van der Waals surface area contributed by atoms with Crippen LogP contribution in [0, 0.1) is 0 Å². The van der Waals surface area contributed by atoms with E-state index in [1.165, 1.54) is 0 Å². The molecule has 1 atom stereocenters. The molecule has 0 aromatic heterocycles. The fourth-order valence-corrected chi connectivity index (χ4v) is 2.30. The van der Waals surface area contributed by atoms with Gasteiger partial charge >= 0.3 is 0 Å². The number of carbonyl (C=O) groups is 1. The summed E-state index contributed by atoms with van der Waals surface area (Å²) in [6, 6.07) is 14.6. The van der Waals surface area contributed by atoms with E-state index in [0.717, 1.165) is 5.56 Å². The van der Waals surface area contributed by atoms with Crippen LogP contribution in [0.5, 0.6) is 11.5 Å². The number of ether oxygens (including phenoxy) is 2. The normalized spacial score (nSPS) is 11.6. The number of benzene rings is 2. The molecule has 4 nitrogen and oxygen atoms in total. The Hall–Kier alpha value is -2.20. The van der Waals surface area contributed by atoms with Gasteiger partial charge in [0.2, 0.25) is 0 Å². The minimum Gasteiger partial charge on any atom is -0.497 e. The first-order valence-electron chi connectivity index (χ1n) is 7.46. The van der Waals surface area contributed by atoms with Crippen LogP contribution < -0.4 is 14.8 Å². The van der Waals surface area contributed by atoms with Crippen molar-refractivity contribution < 1.29 is 14.3 Å². The molecule has 0 heterocycles. The molecule has 0 bridgehead atoms. The van der Waals surface area contributed by atoms with E-state index in [4.69, 9.17) is 21.1 Å². The second kappa shape index (κ2) is 8.44. The lowest BCUT2D eigenvalue weighted by Crippen LogP contribution is -2.37. The molecule has 0 unspecified atom stereocenters. The van der Waals surface area contributed by atoms with Gasteiger partial charge < -0.3 is 14.8 Å². The molecule has 0 fully saturated rings. The number of hydrogen-bond acceptors (Lipinski definition) is 3. The summed E-state index contributed by atoms with van der Waals surface area (Å²) in [5.41, 5.74) is 0.874. The Labute approximate surface area is 141 Å². The van der Waals surface area contributed by atoms with E-state index in [0.29, 0.717) is 29.5 Å². The molecule has 0 aliphatic carbocycles. The second-order valence-corrected chi connectivity index (χ2v) is 5.41. The second-order valence-electron chi connectivity index (χ2n) is 5.00. The summed E-state index contributed by atoms with van der Waals surface area (Å²) < 4.78 is 10.9. The highest BCUT2D eigenvalue weighted by Crippen LogP contribution is 2.21. The van der Waals surface area contributed by atoms with E-state index in [2.05, 4.69) is 5.32 Å². The number of methoxy groups -OCH3 is 1. The van der Waals surface area contributed by atoms with Crippen LogP contribution in [-0.4, -0.2) is 19.1 Å². The molecule has 5 heteroatoms. The third-order valence-corrected chi connectivity index (χ3v) is 3.76. The topological polar surface area (TPSA) is 47.6 Å². The molecule has 0 radical (unpaired) electrons. The van der Waals surface area contributed by atoms with E-state index in [-0.39, 0.29) is 5.91 Å². The Balaban J connectivity index is 1.97. The van der Waals surface area contributed by atoms with Crippen LogP contribution in [0.1, 0.15) is 18.9 Å². The number of halogens is 1. The Morgan fingerprint density at radius 1 is 1.17 bits per heavy atom. The summed E-state index contributed by atoms with van der Waals surface area (Å²) in [5.74, 6) is 1.12. The predicted molar refractivity (Wildman–Crippen MR) is 91.0 cm³/mol. The highest BCUT2D eigenvalue weighted by molar-refractivity contribution is 6.31. The molecule has 23 heavy (non-hydrogen) atoms. The molecule has 2 aromatic carbocycles. The van der Waals surface area contributed by atoms with Crippen LogP contribution in [0.3, 0.4) is 0 Å². The van der Waals surface area contributed by atoms with Crippen molar-refractivity contribution in [2.45, 2.75) is 26.0 Å². The first-order chi connectivity index (χ1) is 11.1. The van der Waals surface area contributed by atoms with Gasteiger partial charge in [0.15, 0.2) is 6.10 Å². The predicted octanol–water partition coefficient (Wildman–Crippen LogP) is 3.82. The smallest absolute Gasteiger partial charge is 0.261 e. The van der Waals surface area contributed by atoms with E-state index < -0.39 is 6.10 Å². The average molecular weight is 334 g/mol. The fraction of sp³-hybridized carbons (Fsp3) is 0.278. The monoisotopic (exact) mass is 333 g/mol. The van der Waals surface area contributed by atoms with Crippen molar-refractivity contribution >= 4 is 17.5 Å². The number of amides is 1. The van der Waals surface area contributed by atoms with Crippen LogP contribution in [0.25, 0.3) is 0 Å². The molecule has 1 N–H and O–H groups in total. The zero-order chi connectivity index (χ0) is 16.7. The standard InChI is InChI=1S/C18H20ClNO3/c1-3-17(23-15-9-6-8-14(11-15)22-2)18(21)20-12-13-7-4-5-10-16(13)19/h4-11,17H,3,12H2,1-2H3,(H,20,21)/t17-/m1/s1. The van der Waals surface area contributed by atoms with Crippen LogP contribution in [0.4, 0.5) is 0 Å². The Kier molecular flexibility index (Phi) is 6.29. The van der Waals surface area contributed by atoms with Crippen LogP contribution in [0.15, 0.2) is 48.5 Å². The van der Waals surface area contributed by atoms with E-state index in [9.17, 15) is 4.79 Å². The SMILES string of the molecule is CC[C@@H](Oc1cccc(OC)c1)C(=O)NCc1ccccc1Cl. The molecule has 122 valence electrons. The summed E-state index contributed by atoms with van der Waals surface area (Å²) in [6.07, 6.45) is -0.00411. The quantitative estimate of drug-likeness (QED) is 0.837. The summed E-state index contributed by atoms with van der Waals surface area (Å²) in [5, 5.41) is 3.49. The molecule has 2 rings (SSSR count). The van der Waals surface area contributed by atoms with E-state index >= 15 is 0 Å². The van der Waals surface area contributed by atoms with Crippen molar-refractivity contribution in [2.24, 2.45) is 0 Å². The Bertz CT molecular complexity index is 660. The van der Waals surface area contributed by atoms with Crippen molar-refractivity contribution in [2.75, 3.05) is 7.11 Å². The molecular formula is C18H20ClNO3.